The number of amides is 1. The van der Waals surface area contributed by atoms with Crippen LogP contribution in [0, 0.1) is 11.3 Å². The second-order valence-corrected chi connectivity index (χ2v) is 12.0. The zero-order valence-corrected chi connectivity index (χ0v) is 25.2. The molecule has 0 fully saturated rings. The molecule has 0 bridgehead atoms. The average molecular weight is 599 g/mol. The van der Waals surface area contributed by atoms with E-state index >= 15 is 0 Å². The number of anilines is 2. The van der Waals surface area contributed by atoms with Gasteiger partial charge in [-0.2, -0.15) is 5.26 Å². The van der Waals surface area contributed by atoms with Crippen LogP contribution in [0.4, 0.5) is 10.7 Å². The molecule has 4 aromatic rings. The molecule has 1 aliphatic rings. The molecule has 5 rings (SSSR count). The summed E-state index contributed by atoms with van der Waals surface area (Å²) in [5, 5.41) is 13.8. The number of ether oxygens (including phenoxy) is 1. The van der Waals surface area contributed by atoms with Crippen molar-refractivity contribution in [2.24, 2.45) is 0 Å². The fourth-order valence-electron chi connectivity index (χ4n) is 4.97. The minimum Gasteiger partial charge on any atom is -0.462 e. The van der Waals surface area contributed by atoms with E-state index in [1.807, 2.05) is 79.7 Å². The van der Waals surface area contributed by atoms with E-state index in [-0.39, 0.29) is 21.6 Å². The molecule has 0 unspecified atom stereocenters. The van der Waals surface area contributed by atoms with Crippen molar-refractivity contribution in [3.05, 3.63) is 95.7 Å². The van der Waals surface area contributed by atoms with E-state index in [1.54, 1.807) is 17.6 Å². The van der Waals surface area contributed by atoms with Gasteiger partial charge in [0.2, 0.25) is 0 Å². The van der Waals surface area contributed by atoms with Gasteiger partial charge in [-0.3, -0.25) is 14.2 Å². The van der Waals surface area contributed by atoms with Gasteiger partial charge in [0.1, 0.15) is 21.1 Å². The Labute approximate surface area is 251 Å². The number of thiazole rings is 1. The second-order valence-electron chi connectivity index (χ2n) is 9.96. The Morgan fingerprint density at radius 3 is 2.45 bits per heavy atom. The maximum Gasteiger partial charge on any atom is 0.341 e. The number of esters is 1. The van der Waals surface area contributed by atoms with Crippen LogP contribution >= 0.6 is 22.7 Å². The van der Waals surface area contributed by atoms with Gasteiger partial charge in [0, 0.05) is 30.3 Å². The smallest absolute Gasteiger partial charge is 0.341 e. The largest absolute Gasteiger partial charge is 0.462 e. The van der Waals surface area contributed by atoms with E-state index < -0.39 is 11.9 Å². The molecule has 0 saturated heterocycles. The molecule has 2 aromatic carbocycles. The van der Waals surface area contributed by atoms with Crippen LogP contribution in [0.3, 0.4) is 0 Å². The highest BCUT2D eigenvalue weighted by Crippen LogP contribution is 2.38. The molecular formula is C32H30N4O4S2. The molecule has 42 heavy (non-hydrogen) atoms. The first-order valence-electron chi connectivity index (χ1n) is 13.7. The fourth-order valence-corrected chi connectivity index (χ4v) is 7.21. The first-order valence-corrected chi connectivity index (χ1v) is 15.3. The highest BCUT2D eigenvalue weighted by atomic mass is 32.1. The summed E-state index contributed by atoms with van der Waals surface area (Å²) < 4.78 is 6.89. The second kappa shape index (κ2) is 12.6. The first-order chi connectivity index (χ1) is 20.3. The lowest BCUT2D eigenvalue weighted by Crippen LogP contribution is -2.33. The number of nitrogens with one attached hydrogen (secondary N) is 1. The van der Waals surface area contributed by atoms with E-state index in [9.17, 15) is 19.6 Å². The Bertz CT molecular complexity index is 1860. The number of carbonyl (C=O) groups is 2. The standard InChI is InChI=1S/C32H30N4O4S2/c1-4-40-31(38)27-23-12-8-9-13-26(23)41-29(27)34-28(37)24(19-33)30-36(22-10-6-5-7-11-22)25(32(39)42-30)18-20-14-16-21(17-15-20)35(2)3/h5-7,10-11,14-18H,4,8-9,12-13H2,1-3H3,(H,34,37)/b25-18-,30-24-. The van der Waals surface area contributed by atoms with Crippen molar-refractivity contribution in [1.29, 1.82) is 5.26 Å². The Balaban J connectivity index is 1.67. The van der Waals surface area contributed by atoms with Gasteiger partial charge < -0.3 is 15.0 Å². The topological polar surface area (TPSA) is 104 Å². The van der Waals surface area contributed by atoms with Crippen molar-refractivity contribution >= 4 is 56.9 Å². The predicted molar refractivity (Wildman–Crippen MR) is 168 cm³/mol. The summed E-state index contributed by atoms with van der Waals surface area (Å²) in [7, 11) is 3.91. The molecule has 0 aliphatic heterocycles. The lowest BCUT2D eigenvalue weighted by atomic mass is 9.95. The van der Waals surface area contributed by atoms with Crippen molar-refractivity contribution in [3.8, 4) is 11.8 Å². The average Bonchev–Trinajstić information content (AvgIpc) is 3.51. The summed E-state index contributed by atoms with van der Waals surface area (Å²) in [5.41, 5.74) is 3.52. The lowest BCUT2D eigenvalue weighted by molar-refractivity contribution is -0.111. The minimum absolute atomic E-state index is 0.210. The van der Waals surface area contributed by atoms with E-state index in [4.69, 9.17) is 4.74 Å². The number of para-hydroxylation sites is 1. The van der Waals surface area contributed by atoms with E-state index in [0.717, 1.165) is 58.7 Å². The molecule has 2 aromatic heterocycles. The van der Waals surface area contributed by atoms with Crippen molar-refractivity contribution in [2.45, 2.75) is 32.6 Å². The number of nitriles is 1. The van der Waals surface area contributed by atoms with Gasteiger partial charge in [-0.1, -0.05) is 41.7 Å². The molecule has 2 heterocycles. The van der Waals surface area contributed by atoms with Crippen LogP contribution in [0.5, 0.6) is 0 Å². The first kappa shape index (κ1) is 29.0. The summed E-state index contributed by atoms with van der Waals surface area (Å²) in [6.45, 7) is 1.95. The summed E-state index contributed by atoms with van der Waals surface area (Å²) in [6, 6.07) is 18.9. The highest BCUT2D eigenvalue weighted by molar-refractivity contribution is 7.17. The maximum atomic E-state index is 13.7. The zero-order valence-electron chi connectivity index (χ0n) is 23.6. The number of aromatic nitrogens is 1. The Hall–Kier alpha value is -4.46. The van der Waals surface area contributed by atoms with Gasteiger partial charge in [0.25, 0.3) is 10.6 Å². The predicted octanol–water partition coefficient (Wildman–Crippen LogP) is 4.22. The number of hydrogen-bond acceptors (Lipinski definition) is 8. The molecule has 10 heteroatoms. The normalized spacial score (nSPS) is 13.6. The van der Waals surface area contributed by atoms with Gasteiger partial charge in [-0.25, -0.2) is 4.79 Å². The molecule has 214 valence electrons. The van der Waals surface area contributed by atoms with Crippen molar-refractivity contribution < 1.29 is 14.3 Å². The Morgan fingerprint density at radius 2 is 1.79 bits per heavy atom. The lowest BCUT2D eigenvalue weighted by Gasteiger charge is -2.12. The third kappa shape index (κ3) is 5.79. The van der Waals surface area contributed by atoms with E-state index in [0.29, 0.717) is 21.6 Å². The summed E-state index contributed by atoms with van der Waals surface area (Å²) >= 11 is 2.19. The molecular weight excluding hydrogens is 569 g/mol. The third-order valence-electron chi connectivity index (χ3n) is 7.00. The third-order valence-corrected chi connectivity index (χ3v) is 9.18. The van der Waals surface area contributed by atoms with Crippen LogP contribution in [-0.4, -0.2) is 37.1 Å². The highest BCUT2D eigenvalue weighted by Gasteiger charge is 2.28. The van der Waals surface area contributed by atoms with E-state index in [2.05, 4.69) is 5.32 Å². The van der Waals surface area contributed by atoms with Crippen LogP contribution in [0.1, 0.15) is 46.1 Å². The van der Waals surface area contributed by atoms with Gasteiger partial charge >= 0.3 is 5.97 Å². The summed E-state index contributed by atoms with van der Waals surface area (Å²) in [4.78, 5) is 43.1. The quantitative estimate of drug-likeness (QED) is 0.320. The van der Waals surface area contributed by atoms with Crippen molar-refractivity contribution in [3.63, 3.8) is 0 Å². The van der Waals surface area contributed by atoms with Crippen molar-refractivity contribution in [2.75, 3.05) is 30.9 Å². The molecule has 1 amide bonds. The zero-order chi connectivity index (χ0) is 29.8. The van der Waals surface area contributed by atoms with Crippen LogP contribution in [-0.2, 0) is 22.4 Å². The van der Waals surface area contributed by atoms with Crippen LogP contribution in [0.15, 0.2) is 59.4 Å². The summed E-state index contributed by atoms with van der Waals surface area (Å²) in [6.07, 6.45) is 5.28. The summed E-state index contributed by atoms with van der Waals surface area (Å²) in [5.74, 6) is -1.17. The number of carbonyl (C=O) groups excluding carboxylic acids is 2. The number of hydrogen-bond donors (Lipinski definition) is 1. The van der Waals surface area contributed by atoms with Gasteiger partial charge in [-0.15, -0.1) is 11.3 Å². The number of benzene rings is 2. The monoisotopic (exact) mass is 598 g/mol. The van der Waals surface area contributed by atoms with Crippen LogP contribution < -0.4 is 25.0 Å². The molecule has 1 aliphatic carbocycles. The maximum absolute atomic E-state index is 13.7. The van der Waals surface area contributed by atoms with Gasteiger partial charge in [-0.05, 0) is 74.1 Å². The Kier molecular flexibility index (Phi) is 8.71. The van der Waals surface area contributed by atoms with Crippen LogP contribution in [0.25, 0.3) is 17.3 Å². The number of nitrogens with zero attached hydrogens (tertiary/aromatic N) is 3. The SMILES string of the molecule is CCOC(=O)c1c(NC(=O)/C(C#N)=c2\sc(=O)/c(=C/c3ccc(N(C)C)cc3)n2-c2ccccc2)sc2c1CCCC2. The van der Waals surface area contributed by atoms with Gasteiger partial charge in [0.05, 0.1) is 12.2 Å². The molecule has 0 saturated carbocycles. The molecule has 8 nitrogen and oxygen atoms in total. The molecule has 1 N–H and O–H groups in total. The number of aryl methyl sites for hydroxylation is 1. The Morgan fingerprint density at radius 1 is 1.07 bits per heavy atom. The minimum atomic E-state index is -0.686. The van der Waals surface area contributed by atoms with Crippen molar-refractivity contribution in [1.82, 2.24) is 4.57 Å². The molecule has 0 spiro atoms. The number of rotatable bonds is 7. The molecule has 0 atom stereocenters. The molecule has 0 radical (unpaired) electrons. The number of fused-ring (bicyclic) bond motifs is 1. The fraction of sp³-hybridized carbons (Fsp3) is 0.250. The van der Waals surface area contributed by atoms with Gasteiger partial charge in [0.15, 0.2) is 5.57 Å². The van der Waals surface area contributed by atoms with E-state index in [1.165, 1.54) is 11.3 Å². The van der Waals surface area contributed by atoms with Crippen LogP contribution in [0.2, 0.25) is 0 Å². The number of thiophene rings is 1.